The summed E-state index contributed by atoms with van der Waals surface area (Å²) in [4.78, 5) is 10.5. The summed E-state index contributed by atoms with van der Waals surface area (Å²) < 4.78 is 15.5. The van der Waals surface area contributed by atoms with Crippen molar-refractivity contribution >= 4 is 5.97 Å². The molecule has 17 heavy (non-hydrogen) atoms. The minimum absolute atomic E-state index is 0.200. The van der Waals surface area contributed by atoms with Crippen LogP contribution in [0.2, 0.25) is 0 Å². The smallest absolute Gasteiger partial charge is 0.307 e. The van der Waals surface area contributed by atoms with E-state index in [1.165, 1.54) is 12.1 Å². The van der Waals surface area contributed by atoms with Gasteiger partial charge in [0.25, 0.3) is 0 Å². The third kappa shape index (κ3) is 2.36. The standard InChI is InChI=1S/C13H12FNO2/c1-9-3-2-6-15(9)11-5-4-10(7-13(16)17)12(14)8-11/h2-6,8H,7H2,1H3,(H,16,17). The van der Waals surface area contributed by atoms with E-state index in [9.17, 15) is 9.18 Å². The van der Waals surface area contributed by atoms with Crippen molar-refractivity contribution in [2.75, 3.05) is 0 Å². The molecule has 0 radical (unpaired) electrons. The molecular formula is C13H12FNO2. The molecule has 0 aliphatic rings. The Morgan fingerprint density at radius 1 is 1.41 bits per heavy atom. The highest BCUT2D eigenvalue weighted by atomic mass is 19.1. The van der Waals surface area contributed by atoms with Gasteiger partial charge in [-0.15, -0.1) is 0 Å². The zero-order chi connectivity index (χ0) is 12.4. The average molecular weight is 233 g/mol. The Hall–Kier alpha value is -2.10. The molecule has 1 aromatic carbocycles. The van der Waals surface area contributed by atoms with E-state index in [-0.39, 0.29) is 12.0 Å². The number of carboxylic acids is 1. The van der Waals surface area contributed by atoms with Gasteiger partial charge in [0.15, 0.2) is 0 Å². The number of aryl methyl sites for hydroxylation is 1. The fraction of sp³-hybridized carbons (Fsp3) is 0.154. The Morgan fingerprint density at radius 2 is 2.18 bits per heavy atom. The second-order valence-electron chi connectivity index (χ2n) is 3.87. The van der Waals surface area contributed by atoms with Crippen molar-refractivity contribution in [3.05, 3.63) is 53.6 Å². The summed E-state index contributed by atoms with van der Waals surface area (Å²) in [6.45, 7) is 1.92. The molecule has 0 spiro atoms. The van der Waals surface area contributed by atoms with Crippen LogP contribution in [0.4, 0.5) is 4.39 Å². The molecule has 1 N–H and O–H groups in total. The number of nitrogens with zero attached hydrogens (tertiary/aromatic N) is 1. The first-order chi connectivity index (χ1) is 8.08. The maximum absolute atomic E-state index is 13.7. The first-order valence-corrected chi connectivity index (χ1v) is 5.22. The number of carboxylic acid groups (broad SMARTS) is 1. The van der Waals surface area contributed by atoms with E-state index in [0.717, 1.165) is 5.69 Å². The van der Waals surface area contributed by atoms with Gasteiger partial charge in [-0.2, -0.15) is 0 Å². The van der Waals surface area contributed by atoms with Crippen molar-refractivity contribution < 1.29 is 14.3 Å². The van der Waals surface area contributed by atoms with Gasteiger partial charge in [-0.25, -0.2) is 4.39 Å². The normalized spacial score (nSPS) is 10.5. The van der Waals surface area contributed by atoms with Crippen molar-refractivity contribution in [3.8, 4) is 5.69 Å². The maximum atomic E-state index is 13.7. The average Bonchev–Trinajstić information content (AvgIpc) is 2.67. The van der Waals surface area contributed by atoms with Gasteiger partial charge in [0.2, 0.25) is 0 Å². The molecule has 1 aromatic heterocycles. The van der Waals surface area contributed by atoms with Crippen LogP contribution in [0.5, 0.6) is 0 Å². The van der Waals surface area contributed by atoms with Gasteiger partial charge in [-0.05, 0) is 36.8 Å². The number of carbonyl (C=O) groups is 1. The summed E-state index contributed by atoms with van der Waals surface area (Å²) in [5, 5.41) is 8.62. The lowest BCUT2D eigenvalue weighted by Gasteiger charge is -2.08. The highest BCUT2D eigenvalue weighted by molar-refractivity contribution is 5.70. The number of hydrogen-bond donors (Lipinski definition) is 1. The molecule has 4 heteroatoms. The van der Waals surface area contributed by atoms with Gasteiger partial charge in [0.05, 0.1) is 6.42 Å². The Labute approximate surface area is 98.1 Å². The number of benzene rings is 1. The number of halogens is 1. The molecule has 0 fully saturated rings. The van der Waals surface area contributed by atoms with Crippen molar-refractivity contribution in [3.63, 3.8) is 0 Å². The minimum atomic E-state index is -1.03. The van der Waals surface area contributed by atoms with Crippen LogP contribution in [0.1, 0.15) is 11.3 Å². The fourth-order valence-corrected chi connectivity index (χ4v) is 1.75. The van der Waals surface area contributed by atoms with Crippen molar-refractivity contribution in [2.24, 2.45) is 0 Å². The maximum Gasteiger partial charge on any atom is 0.307 e. The van der Waals surface area contributed by atoms with E-state index < -0.39 is 11.8 Å². The van der Waals surface area contributed by atoms with Crippen LogP contribution in [0, 0.1) is 12.7 Å². The number of rotatable bonds is 3. The fourth-order valence-electron chi connectivity index (χ4n) is 1.75. The van der Waals surface area contributed by atoms with E-state index >= 15 is 0 Å². The number of aliphatic carboxylic acids is 1. The topological polar surface area (TPSA) is 42.2 Å². The molecule has 0 amide bonds. The zero-order valence-corrected chi connectivity index (χ0v) is 9.35. The lowest BCUT2D eigenvalue weighted by atomic mass is 10.1. The Balaban J connectivity index is 2.37. The van der Waals surface area contributed by atoms with Crippen LogP contribution in [-0.2, 0) is 11.2 Å². The van der Waals surface area contributed by atoms with Gasteiger partial charge >= 0.3 is 5.97 Å². The van der Waals surface area contributed by atoms with E-state index in [1.807, 2.05) is 29.8 Å². The monoisotopic (exact) mass is 233 g/mol. The van der Waals surface area contributed by atoms with Gasteiger partial charge in [-0.1, -0.05) is 6.07 Å². The lowest BCUT2D eigenvalue weighted by molar-refractivity contribution is -0.136. The molecule has 0 atom stereocenters. The van der Waals surface area contributed by atoms with E-state index in [4.69, 9.17) is 5.11 Å². The van der Waals surface area contributed by atoms with Crippen LogP contribution in [0.25, 0.3) is 5.69 Å². The SMILES string of the molecule is Cc1cccn1-c1ccc(CC(=O)O)c(F)c1. The zero-order valence-electron chi connectivity index (χ0n) is 9.35. The molecule has 0 aliphatic heterocycles. The third-order valence-electron chi connectivity index (χ3n) is 2.61. The summed E-state index contributed by atoms with van der Waals surface area (Å²) in [7, 11) is 0. The second kappa shape index (κ2) is 4.41. The molecule has 1 heterocycles. The lowest BCUT2D eigenvalue weighted by Crippen LogP contribution is -2.04. The van der Waals surface area contributed by atoms with Crippen LogP contribution >= 0.6 is 0 Å². The predicted octanol–water partition coefficient (Wildman–Crippen LogP) is 2.55. The first-order valence-electron chi connectivity index (χ1n) is 5.22. The third-order valence-corrected chi connectivity index (χ3v) is 2.61. The van der Waals surface area contributed by atoms with E-state index in [1.54, 1.807) is 6.07 Å². The van der Waals surface area contributed by atoms with Crippen molar-refractivity contribution in [1.82, 2.24) is 4.57 Å². The van der Waals surface area contributed by atoms with Crippen molar-refractivity contribution in [1.29, 1.82) is 0 Å². The van der Waals surface area contributed by atoms with Crippen LogP contribution < -0.4 is 0 Å². The van der Waals surface area contributed by atoms with Crippen LogP contribution in [0.3, 0.4) is 0 Å². The summed E-state index contributed by atoms with van der Waals surface area (Å²) in [5.41, 5.74) is 1.89. The second-order valence-corrected chi connectivity index (χ2v) is 3.87. The number of hydrogen-bond acceptors (Lipinski definition) is 1. The molecule has 0 aliphatic carbocycles. The van der Waals surface area contributed by atoms with Crippen molar-refractivity contribution in [2.45, 2.75) is 13.3 Å². The summed E-state index contributed by atoms with van der Waals surface area (Å²) in [5.74, 6) is -1.52. The molecule has 0 unspecified atom stereocenters. The summed E-state index contributed by atoms with van der Waals surface area (Å²) >= 11 is 0. The Bertz CT molecular complexity index is 560. The molecule has 2 rings (SSSR count). The quantitative estimate of drug-likeness (QED) is 0.885. The highest BCUT2D eigenvalue weighted by Crippen LogP contribution is 2.16. The van der Waals surface area contributed by atoms with Crippen LogP contribution in [0.15, 0.2) is 36.5 Å². The Morgan fingerprint density at radius 3 is 2.71 bits per heavy atom. The molecule has 0 saturated carbocycles. The van der Waals surface area contributed by atoms with Gasteiger partial charge in [-0.3, -0.25) is 4.79 Å². The largest absolute Gasteiger partial charge is 0.481 e. The Kier molecular flexibility index (Phi) is 2.95. The molecule has 88 valence electrons. The molecule has 2 aromatic rings. The van der Waals surface area contributed by atoms with E-state index in [0.29, 0.717) is 5.69 Å². The molecule has 3 nitrogen and oxygen atoms in total. The summed E-state index contributed by atoms with van der Waals surface area (Å²) in [6, 6.07) is 8.37. The highest BCUT2D eigenvalue weighted by Gasteiger charge is 2.08. The van der Waals surface area contributed by atoms with Gasteiger partial charge < -0.3 is 9.67 Å². The van der Waals surface area contributed by atoms with Crippen LogP contribution in [-0.4, -0.2) is 15.6 Å². The summed E-state index contributed by atoms with van der Waals surface area (Å²) in [6.07, 6.45) is 1.54. The minimum Gasteiger partial charge on any atom is -0.481 e. The van der Waals surface area contributed by atoms with E-state index in [2.05, 4.69) is 0 Å². The molecule has 0 saturated heterocycles. The predicted molar refractivity (Wildman–Crippen MR) is 61.8 cm³/mol. The van der Waals surface area contributed by atoms with Gasteiger partial charge in [0.1, 0.15) is 5.82 Å². The number of aromatic nitrogens is 1. The van der Waals surface area contributed by atoms with Gasteiger partial charge in [0, 0.05) is 17.6 Å². The molecular weight excluding hydrogens is 221 g/mol. The first kappa shape index (κ1) is 11.4. The molecule has 0 bridgehead atoms.